The van der Waals surface area contributed by atoms with Crippen LogP contribution in [0.25, 0.3) is 11.3 Å². The lowest BCUT2D eigenvalue weighted by Crippen LogP contribution is -2.14. The van der Waals surface area contributed by atoms with Crippen molar-refractivity contribution in [2.45, 2.75) is 13.3 Å². The van der Waals surface area contributed by atoms with Crippen molar-refractivity contribution < 1.29 is 9.47 Å². The van der Waals surface area contributed by atoms with Crippen molar-refractivity contribution in [3.8, 4) is 23.1 Å². The fourth-order valence-electron chi connectivity index (χ4n) is 3.13. The van der Waals surface area contributed by atoms with Crippen LogP contribution < -0.4 is 14.4 Å². The van der Waals surface area contributed by atoms with Gasteiger partial charge in [-0.15, -0.1) is 0 Å². The van der Waals surface area contributed by atoms with Gasteiger partial charge in [0, 0.05) is 36.4 Å². The number of anilines is 2. The van der Waals surface area contributed by atoms with Crippen LogP contribution in [0.5, 0.6) is 11.9 Å². The summed E-state index contributed by atoms with van der Waals surface area (Å²) in [6, 6.07) is 4.21. The van der Waals surface area contributed by atoms with Gasteiger partial charge in [-0.05, 0) is 25.5 Å². The number of nitrogens with zero attached hydrogens (tertiary/aromatic N) is 6. The van der Waals surface area contributed by atoms with E-state index in [1.165, 1.54) is 7.11 Å². The van der Waals surface area contributed by atoms with E-state index in [1.807, 2.05) is 19.1 Å². The van der Waals surface area contributed by atoms with Crippen LogP contribution in [0.4, 0.5) is 11.5 Å². The van der Waals surface area contributed by atoms with Crippen molar-refractivity contribution in [1.29, 1.82) is 0 Å². The third-order valence-corrected chi connectivity index (χ3v) is 4.28. The molecule has 0 saturated heterocycles. The Kier molecular flexibility index (Phi) is 4.08. The van der Waals surface area contributed by atoms with E-state index in [2.05, 4.69) is 29.8 Å². The molecular formula is C18H18N6O2. The van der Waals surface area contributed by atoms with Gasteiger partial charge in [-0.3, -0.25) is 4.98 Å². The molecule has 8 heteroatoms. The monoisotopic (exact) mass is 350 g/mol. The molecule has 0 N–H and O–H groups in total. The highest BCUT2D eigenvalue weighted by molar-refractivity contribution is 5.77. The summed E-state index contributed by atoms with van der Waals surface area (Å²) in [7, 11) is 3.09. The minimum atomic E-state index is 0.256. The molecule has 3 aromatic heterocycles. The first-order valence-electron chi connectivity index (χ1n) is 8.21. The molecular weight excluding hydrogens is 332 g/mol. The summed E-state index contributed by atoms with van der Waals surface area (Å²) in [5.41, 5.74) is 3.63. The van der Waals surface area contributed by atoms with E-state index >= 15 is 0 Å². The fraction of sp³-hybridized carbons (Fsp3) is 0.278. The standard InChI is InChI=1S/C18H18N6O2/c1-11-21-15(14-10-20-18(26-3)23-17(14)25-2)13-6-9-24(16(13)22-11)12-4-7-19-8-5-12/h4-5,7-8,10H,6,9H2,1-3H3. The largest absolute Gasteiger partial charge is 0.480 e. The number of methoxy groups -OCH3 is 2. The van der Waals surface area contributed by atoms with Gasteiger partial charge in [-0.1, -0.05) is 0 Å². The highest BCUT2D eigenvalue weighted by Gasteiger charge is 2.28. The summed E-state index contributed by atoms with van der Waals surface area (Å²) in [4.78, 5) is 24.1. The molecule has 26 heavy (non-hydrogen) atoms. The van der Waals surface area contributed by atoms with Crippen molar-refractivity contribution in [2.24, 2.45) is 0 Å². The third kappa shape index (κ3) is 2.69. The van der Waals surface area contributed by atoms with E-state index in [9.17, 15) is 0 Å². The van der Waals surface area contributed by atoms with Crippen molar-refractivity contribution in [3.05, 3.63) is 42.1 Å². The SMILES string of the molecule is COc1ncc(-c2nc(C)nc3c2CCN3c2ccncc2)c(OC)n1. The molecule has 8 nitrogen and oxygen atoms in total. The van der Waals surface area contributed by atoms with Gasteiger partial charge in [-0.2, -0.15) is 4.98 Å². The summed E-state index contributed by atoms with van der Waals surface area (Å²) in [6.45, 7) is 2.70. The Labute approximate surface area is 150 Å². The summed E-state index contributed by atoms with van der Waals surface area (Å²) < 4.78 is 10.5. The zero-order chi connectivity index (χ0) is 18.1. The average Bonchev–Trinajstić information content (AvgIpc) is 3.11. The number of rotatable bonds is 4. The van der Waals surface area contributed by atoms with E-state index in [0.717, 1.165) is 41.3 Å². The van der Waals surface area contributed by atoms with Crippen LogP contribution in [0.3, 0.4) is 0 Å². The van der Waals surface area contributed by atoms with E-state index in [0.29, 0.717) is 11.7 Å². The Bertz CT molecular complexity index is 948. The number of hydrogen-bond donors (Lipinski definition) is 0. The molecule has 0 amide bonds. The van der Waals surface area contributed by atoms with Crippen LogP contribution in [0.15, 0.2) is 30.7 Å². The van der Waals surface area contributed by atoms with Crippen molar-refractivity contribution >= 4 is 11.5 Å². The van der Waals surface area contributed by atoms with Gasteiger partial charge in [0.2, 0.25) is 5.88 Å². The van der Waals surface area contributed by atoms with Crippen LogP contribution in [0.1, 0.15) is 11.4 Å². The summed E-state index contributed by atoms with van der Waals surface area (Å²) in [5.74, 6) is 2.01. The number of aryl methyl sites for hydroxylation is 1. The average molecular weight is 350 g/mol. The van der Waals surface area contributed by atoms with E-state index in [1.54, 1.807) is 25.7 Å². The molecule has 0 bridgehead atoms. The summed E-state index contributed by atoms with van der Waals surface area (Å²) in [6.07, 6.45) is 6.07. The predicted octanol–water partition coefficient (Wildman–Crippen LogP) is 2.35. The molecule has 0 aromatic carbocycles. The summed E-state index contributed by atoms with van der Waals surface area (Å²) >= 11 is 0. The first kappa shape index (κ1) is 16.2. The second-order valence-electron chi connectivity index (χ2n) is 5.81. The van der Waals surface area contributed by atoms with E-state index in [-0.39, 0.29) is 6.01 Å². The first-order valence-corrected chi connectivity index (χ1v) is 8.21. The molecule has 0 fully saturated rings. The second kappa shape index (κ2) is 6.55. The smallest absolute Gasteiger partial charge is 0.319 e. The quantitative estimate of drug-likeness (QED) is 0.709. The van der Waals surface area contributed by atoms with Crippen LogP contribution in [-0.4, -0.2) is 45.7 Å². The maximum absolute atomic E-state index is 5.44. The zero-order valence-corrected chi connectivity index (χ0v) is 14.8. The highest BCUT2D eigenvalue weighted by Crippen LogP contribution is 2.39. The lowest BCUT2D eigenvalue weighted by molar-refractivity contribution is 0.353. The third-order valence-electron chi connectivity index (χ3n) is 4.28. The molecule has 0 aliphatic carbocycles. The van der Waals surface area contributed by atoms with Gasteiger partial charge in [-0.25, -0.2) is 15.0 Å². The maximum atomic E-state index is 5.44. The Morgan fingerprint density at radius 2 is 1.85 bits per heavy atom. The van der Waals surface area contributed by atoms with Crippen LogP contribution in [0.2, 0.25) is 0 Å². The zero-order valence-electron chi connectivity index (χ0n) is 14.8. The Hall–Kier alpha value is -3.29. The first-order chi connectivity index (χ1) is 12.7. The maximum Gasteiger partial charge on any atom is 0.319 e. The van der Waals surface area contributed by atoms with Crippen LogP contribution >= 0.6 is 0 Å². The topological polar surface area (TPSA) is 86.2 Å². The molecule has 3 aromatic rings. The molecule has 0 spiro atoms. The molecule has 0 radical (unpaired) electrons. The Balaban J connectivity index is 1.86. The second-order valence-corrected chi connectivity index (χ2v) is 5.81. The minimum absolute atomic E-state index is 0.256. The van der Waals surface area contributed by atoms with Gasteiger partial charge >= 0.3 is 6.01 Å². The van der Waals surface area contributed by atoms with Gasteiger partial charge in [0.05, 0.1) is 25.5 Å². The molecule has 1 aliphatic rings. The number of pyridine rings is 1. The van der Waals surface area contributed by atoms with Gasteiger partial charge in [0.1, 0.15) is 11.6 Å². The lowest BCUT2D eigenvalue weighted by atomic mass is 10.1. The van der Waals surface area contributed by atoms with E-state index in [4.69, 9.17) is 9.47 Å². The van der Waals surface area contributed by atoms with Crippen LogP contribution in [0, 0.1) is 6.92 Å². The Morgan fingerprint density at radius 1 is 1.04 bits per heavy atom. The van der Waals surface area contributed by atoms with Crippen molar-refractivity contribution in [1.82, 2.24) is 24.9 Å². The molecule has 0 unspecified atom stereocenters. The van der Waals surface area contributed by atoms with Crippen molar-refractivity contribution in [3.63, 3.8) is 0 Å². The molecule has 0 atom stereocenters. The fourth-order valence-corrected chi connectivity index (χ4v) is 3.13. The summed E-state index contributed by atoms with van der Waals surface area (Å²) in [5, 5.41) is 0. The van der Waals surface area contributed by atoms with Gasteiger partial charge < -0.3 is 14.4 Å². The minimum Gasteiger partial charge on any atom is -0.480 e. The number of ether oxygens (including phenoxy) is 2. The van der Waals surface area contributed by atoms with Crippen molar-refractivity contribution in [2.75, 3.05) is 25.7 Å². The van der Waals surface area contributed by atoms with E-state index < -0.39 is 0 Å². The number of aromatic nitrogens is 5. The van der Waals surface area contributed by atoms with Gasteiger partial charge in [0.25, 0.3) is 0 Å². The Morgan fingerprint density at radius 3 is 2.58 bits per heavy atom. The molecule has 4 heterocycles. The molecule has 132 valence electrons. The lowest BCUT2D eigenvalue weighted by Gasteiger charge is -2.19. The molecule has 0 saturated carbocycles. The number of fused-ring (bicyclic) bond motifs is 1. The molecule has 4 rings (SSSR count). The molecule has 1 aliphatic heterocycles. The number of hydrogen-bond acceptors (Lipinski definition) is 8. The highest BCUT2D eigenvalue weighted by atomic mass is 16.5. The normalized spacial score (nSPS) is 12.8. The predicted molar refractivity (Wildman–Crippen MR) is 95.8 cm³/mol. The van der Waals surface area contributed by atoms with Crippen LogP contribution in [-0.2, 0) is 6.42 Å². The van der Waals surface area contributed by atoms with Gasteiger partial charge in [0.15, 0.2) is 0 Å².